The van der Waals surface area contributed by atoms with Crippen molar-refractivity contribution in [2.75, 3.05) is 6.26 Å². The van der Waals surface area contributed by atoms with Crippen LogP contribution in [0.3, 0.4) is 0 Å². The molecule has 0 aromatic carbocycles. The normalized spacial score (nSPS) is 24.2. The van der Waals surface area contributed by atoms with E-state index in [1.165, 1.54) is 4.91 Å². The second-order valence-corrected chi connectivity index (χ2v) is 3.26. The number of thioether (sulfide) groups is 1. The molecule has 0 N–H and O–H groups in total. The van der Waals surface area contributed by atoms with E-state index in [-0.39, 0.29) is 0 Å². The SMILES string of the molecule is CSC1=CC(C)C=CC=C1. The van der Waals surface area contributed by atoms with Gasteiger partial charge in [-0.15, -0.1) is 11.8 Å². The van der Waals surface area contributed by atoms with Crippen LogP contribution in [-0.2, 0) is 0 Å². The zero-order valence-electron chi connectivity index (χ0n) is 6.37. The van der Waals surface area contributed by atoms with Gasteiger partial charge in [0.1, 0.15) is 0 Å². The first-order valence-electron chi connectivity index (χ1n) is 3.43. The molecular weight excluding hydrogens is 140 g/mol. The lowest BCUT2D eigenvalue weighted by Crippen LogP contribution is -1.81. The zero-order valence-corrected chi connectivity index (χ0v) is 7.19. The molecule has 54 valence electrons. The van der Waals surface area contributed by atoms with Gasteiger partial charge < -0.3 is 0 Å². The Morgan fingerprint density at radius 3 is 2.90 bits per heavy atom. The van der Waals surface area contributed by atoms with Crippen LogP contribution in [0.25, 0.3) is 0 Å². The molecule has 1 aliphatic rings. The molecule has 0 aromatic rings. The Bertz CT molecular complexity index is 187. The second kappa shape index (κ2) is 3.67. The summed E-state index contributed by atoms with van der Waals surface area (Å²) < 4.78 is 0. The monoisotopic (exact) mass is 152 g/mol. The van der Waals surface area contributed by atoms with E-state index in [1.54, 1.807) is 11.8 Å². The standard InChI is InChI=1S/C9H12S/c1-8-5-3-4-6-9(7-8)10-2/h3-8H,1-2H3. The molecule has 0 amide bonds. The highest BCUT2D eigenvalue weighted by Crippen LogP contribution is 2.18. The molecule has 0 saturated carbocycles. The van der Waals surface area contributed by atoms with Crippen LogP contribution < -0.4 is 0 Å². The van der Waals surface area contributed by atoms with Gasteiger partial charge in [-0.05, 0) is 18.2 Å². The van der Waals surface area contributed by atoms with Crippen LogP contribution in [-0.4, -0.2) is 6.26 Å². The van der Waals surface area contributed by atoms with Crippen molar-refractivity contribution in [3.63, 3.8) is 0 Å². The van der Waals surface area contributed by atoms with Gasteiger partial charge >= 0.3 is 0 Å². The fraction of sp³-hybridized carbons (Fsp3) is 0.333. The maximum atomic E-state index is 2.27. The third kappa shape index (κ3) is 2.07. The third-order valence-electron chi connectivity index (χ3n) is 1.45. The van der Waals surface area contributed by atoms with Crippen LogP contribution in [0.2, 0.25) is 0 Å². The quantitative estimate of drug-likeness (QED) is 0.556. The van der Waals surface area contributed by atoms with Crippen LogP contribution in [0.15, 0.2) is 35.3 Å². The third-order valence-corrected chi connectivity index (χ3v) is 2.19. The van der Waals surface area contributed by atoms with Crippen molar-refractivity contribution in [1.82, 2.24) is 0 Å². The second-order valence-electron chi connectivity index (χ2n) is 2.38. The first kappa shape index (κ1) is 7.67. The first-order chi connectivity index (χ1) is 4.83. The highest BCUT2D eigenvalue weighted by Gasteiger charge is 1.96. The average molecular weight is 152 g/mol. The minimum atomic E-state index is 0.581. The van der Waals surface area contributed by atoms with Gasteiger partial charge in [0.15, 0.2) is 0 Å². The molecule has 0 radical (unpaired) electrons. The van der Waals surface area contributed by atoms with Gasteiger partial charge in [-0.1, -0.05) is 31.2 Å². The Kier molecular flexibility index (Phi) is 2.82. The lowest BCUT2D eigenvalue weighted by molar-refractivity contribution is 0.941. The van der Waals surface area contributed by atoms with Crippen molar-refractivity contribution in [3.8, 4) is 0 Å². The van der Waals surface area contributed by atoms with Crippen LogP contribution >= 0.6 is 11.8 Å². The van der Waals surface area contributed by atoms with E-state index >= 15 is 0 Å². The molecule has 1 aliphatic carbocycles. The number of rotatable bonds is 1. The smallest absolute Gasteiger partial charge is 0.00350 e. The molecule has 1 rings (SSSR count). The van der Waals surface area contributed by atoms with Crippen molar-refractivity contribution in [3.05, 3.63) is 35.3 Å². The summed E-state index contributed by atoms with van der Waals surface area (Å²) in [6.45, 7) is 2.19. The summed E-state index contributed by atoms with van der Waals surface area (Å²) in [5.74, 6) is 0.581. The fourth-order valence-corrected chi connectivity index (χ4v) is 1.46. The molecule has 10 heavy (non-hydrogen) atoms. The molecule has 0 heterocycles. The van der Waals surface area contributed by atoms with Crippen molar-refractivity contribution in [2.24, 2.45) is 5.92 Å². The molecule has 0 saturated heterocycles. The molecule has 0 fully saturated rings. The van der Waals surface area contributed by atoms with E-state index in [9.17, 15) is 0 Å². The van der Waals surface area contributed by atoms with Crippen LogP contribution in [0, 0.1) is 5.92 Å². The number of hydrogen-bond donors (Lipinski definition) is 0. The van der Waals surface area contributed by atoms with Gasteiger partial charge in [0.25, 0.3) is 0 Å². The maximum absolute atomic E-state index is 2.27. The summed E-state index contributed by atoms with van der Waals surface area (Å²) in [4.78, 5) is 1.36. The summed E-state index contributed by atoms with van der Waals surface area (Å²) in [6, 6.07) is 0. The Morgan fingerprint density at radius 1 is 1.40 bits per heavy atom. The van der Waals surface area contributed by atoms with Crippen molar-refractivity contribution in [1.29, 1.82) is 0 Å². The predicted octanol–water partition coefficient (Wildman–Crippen LogP) is 3.00. The van der Waals surface area contributed by atoms with Gasteiger partial charge in [0.2, 0.25) is 0 Å². The highest BCUT2D eigenvalue weighted by molar-refractivity contribution is 8.02. The summed E-state index contributed by atoms with van der Waals surface area (Å²) >= 11 is 1.80. The van der Waals surface area contributed by atoms with E-state index in [0.717, 1.165) is 0 Å². The lowest BCUT2D eigenvalue weighted by Gasteiger charge is -1.97. The zero-order chi connectivity index (χ0) is 7.40. The highest BCUT2D eigenvalue weighted by atomic mass is 32.2. The molecule has 0 bridgehead atoms. The van der Waals surface area contributed by atoms with Crippen molar-refractivity contribution >= 4 is 11.8 Å². The van der Waals surface area contributed by atoms with Gasteiger partial charge in [-0.2, -0.15) is 0 Å². The summed E-state index contributed by atoms with van der Waals surface area (Å²) in [6.07, 6.45) is 12.9. The van der Waals surface area contributed by atoms with Crippen molar-refractivity contribution < 1.29 is 0 Å². The largest absolute Gasteiger partial charge is 0.130 e. The number of hydrogen-bond acceptors (Lipinski definition) is 1. The molecule has 0 aromatic heterocycles. The van der Waals surface area contributed by atoms with E-state index in [2.05, 4.69) is 43.6 Å². The van der Waals surface area contributed by atoms with E-state index in [4.69, 9.17) is 0 Å². The Balaban J connectivity index is 2.74. The molecule has 0 nitrogen and oxygen atoms in total. The van der Waals surface area contributed by atoms with Crippen LogP contribution in [0.1, 0.15) is 6.92 Å². The van der Waals surface area contributed by atoms with Crippen LogP contribution in [0.5, 0.6) is 0 Å². The summed E-state index contributed by atoms with van der Waals surface area (Å²) in [7, 11) is 0. The fourth-order valence-electron chi connectivity index (χ4n) is 0.896. The van der Waals surface area contributed by atoms with Crippen molar-refractivity contribution in [2.45, 2.75) is 6.92 Å². The summed E-state index contributed by atoms with van der Waals surface area (Å²) in [5, 5.41) is 0. The average Bonchev–Trinajstić information content (AvgIpc) is 2.13. The maximum Gasteiger partial charge on any atom is 0.00350 e. The minimum Gasteiger partial charge on any atom is -0.130 e. The predicted molar refractivity (Wildman–Crippen MR) is 49.0 cm³/mol. The molecule has 1 heteroatoms. The topological polar surface area (TPSA) is 0 Å². The van der Waals surface area contributed by atoms with Gasteiger partial charge in [0, 0.05) is 4.91 Å². The molecule has 0 aliphatic heterocycles. The molecular formula is C9H12S. The summed E-state index contributed by atoms with van der Waals surface area (Å²) in [5.41, 5.74) is 0. The van der Waals surface area contributed by atoms with Gasteiger partial charge in [-0.25, -0.2) is 0 Å². The van der Waals surface area contributed by atoms with Gasteiger partial charge in [0.05, 0.1) is 0 Å². The van der Waals surface area contributed by atoms with Gasteiger partial charge in [-0.3, -0.25) is 0 Å². The van der Waals surface area contributed by atoms with E-state index in [0.29, 0.717) is 5.92 Å². The number of allylic oxidation sites excluding steroid dienone is 5. The van der Waals surface area contributed by atoms with E-state index < -0.39 is 0 Å². The molecule has 0 spiro atoms. The van der Waals surface area contributed by atoms with Crippen LogP contribution in [0.4, 0.5) is 0 Å². The Morgan fingerprint density at radius 2 is 2.20 bits per heavy atom. The molecule has 1 unspecified atom stereocenters. The Labute approximate surface area is 66.7 Å². The minimum absolute atomic E-state index is 0.581. The first-order valence-corrected chi connectivity index (χ1v) is 4.66. The molecule has 1 atom stereocenters. The van der Waals surface area contributed by atoms with E-state index in [1.807, 2.05) is 0 Å². The Hall–Kier alpha value is -0.430. The lowest BCUT2D eigenvalue weighted by atomic mass is 10.2.